The van der Waals surface area contributed by atoms with Gasteiger partial charge in [-0.3, -0.25) is 4.90 Å². The molecule has 1 saturated heterocycles. The predicted molar refractivity (Wildman–Crippen MR) is 87.1 cm³/mol. The van der Waals surface area contributed by atoms with Gasteiger partial charge in [0.05, 0.1) is 32.1 Å². The lowest BCUT2D eigenvalue weighted by molar-refractivity contribution is 0.0372. The van der Waals surface area contributed by atoms with E-state index in [-0.39, 0.29) is 6.61 Å². The molecule has 0 radical (unpaired) electrons. The van der Waals surface area contributed by atoms with Crippen LogP contribution in [0.15, 0.2) is 6.20 Å². The van der Waals surface area contributed by atoms with E-state index < -0.39 is 0 Å². The van der Waals surface area contributed by atoms with Crippen LogP contribution in [0.25, 0.3) is 0 Å². The zero-order valence-electron chi connectivity index (χ0n) is 13.9. The number of rotatable bonds is 7. The molecule has 7 heteroatoms. The van der Waals surface area contributed by atoms with Gasteiger partial charge in [0.25, 0.3) is 0 Å². The van der Waals surface area contributed by atoms with Crippen LogP contribution >= 0.6 is 0 Å². The Bertz CT molecular complexity index is 461. The molecule has 1 aliphatic heterocycles. The normalized spacial score (nSPS) is 26.5. The Kier molecular flexibility index (Phi) is 6.38. The molecule has 2 N–H and O–H groups in total. The van der Waals surface area contributed by atoms with E-state index in [0.717, 1.165) is 45.8 Å². The maximum Gasteiger partial charge on any atom is 0.108 e. The van der Waals surface area contributed by atoms with E-state index in [9.17, 15) is 0 Å². The van der Waals surface area contributed by atoms with Gasteiger partial charge in [0.15, 0.2) is 0 Å². The Morgan fingerprint density at radius 2 is 2.09 bits per heavy atom. The summed E-state index contributed by atoms with van der Waals surface area (Å²) in [5.41, 5.74) is 0.654. The summed E-state index contributed by atoms with van der Waals surface area (Å²) in [6.07, 6.45) is 7.90. The van der Waals surface area contributed by atoms with E-state index >= 15 is 0 Å². The van der Waals surface area contributed by atoms with Crippen molar-refractivity contribution in [3.63, 3.8) is 0 Å². The largest absolute Gasteiger partial charge is 0.390 e. The minimum absolute atomic E-state index is 0.0373. The summed E-state index contributed by atoms with van der Waals surface area (Å²) in [6.45, 7) is 6.02. The highest BCUT2D eigenvalue weighted by atomic mass is 16.5. The number of hydrogen-bond acceptors (Lipinski definition) is 6. The first-order valence-electron chi connectivity index (χ1n) is 8.92. The third kappa shape index (κ3) is 4.73. The van der Waals surface area contributed by atoms with Crippen LogP contribution in [-0.2, 0) is 11.3 Å². The van der Waals surface area contributed by atoms with Gasteiger partial charge < -0.3 is 15.2 Å². The Morgan fingerprint density at radius 1 is 1.26 bits per heavy atom. The summed E-state index contributed by atoms with van der Waals surface area (Å²) in [6, 6.07) is 0.821. The van der Waals surface area contributed by atoms with Gasteiger partial charge in [0.2, 0.25) is 0 Å². The summed E-state index contributed by atoms with van der Waals surface area (Å²) in [4.78, 5) is 2.48. The van der Waals surface area contributed by atoms with Gasteiger partial charge in [-0.2, -0.15) is 0 Å². The van der Waals surface area contributed by atoms with Crippen LogP contribution in [0.3, 0.4) is 0 Å². The standard InChI is InChI=1S/C16H29N5O2/c22-13-14-12-21(19-18-14)16-5-2-1-4-15(16)17-6-3-7-20-8-10-23-11-9-20/h12,15-17,22H,1-11,13H2/t15-,16+/m0/s1. The van der Waals surface area contributed by atoms with Crippen LogP contribution in [0.4, 0.5) is 0 Å². The van der Waals surface area contributed by atoms with E-state index in [1.54, 1.807) is 0 Å². The molecule has 1 aromatic rings. The molecule has 3 rings (SSSR count). The topological polar surface area (TPSA) is 75.4 Å². The zero-order valence-corrected chi connectivity index (χ0v) is 13.9. The third-order valence-electron chi connectivity index (χ3n) is 4.95. The number of ether oxygens (including phenoxy) is 1. The van der Waals surface area contributed by atoms with Gasteiger partial charge in [0, 0.05) is 19.1 Å². The SMILES string of the molecule is OCc1cn([C@@H]2CCCC[C@@H]2NCCCN2CCOCC2)nn1. The first kappa shape index (κ1) is 16.8. The lowest BCUT2D eigenvalue weighted by atomic mass is 9.90. The fourth-order valence-electron chi connectivity index (χ4n) is 3.63. The molecule has 7 nitrogen and oxygen atoms in total. The molecule has 0 unspecified atom stereocenters. The fraction of sp³-hybridized carbons (Fsp3) is 0.875. The van der Waals surface area contributed by atoms with Crippen molar-refractivity contribution in [3.8, 4) is 0 Å². The summed E-state index contributed by atoms with van der Waals surface area (Å²) in [7, 11) is 0. The number of aromatic nitrogens is 3. The average molecular weight is 323 g/mol. The van der Waals surface area contributed by atoms with E-state index in [4.69, 9.17) is 9.84 Å². The molecule has 23 heavy (non-hydrogen) atoms. The Morgan fingerprint density at radius 3 is 2.87 bits per heavy atom. The maximum absolute atomic E-state index is 9.17. The first-order valence-corrected chi connectivity index (χ1v) is 8.92. The van der Waals surface area contributed by atoms with Crippen molar-refractivity contribution < 1.29 is 9.84 Å². The highest BCUT2D eigenvalue weighted by Gasteiger charge is 2.27. The summed E-state index contributed by atoms with van der Waals surface area (Å²) in [5, 5.41) is 21.1. The van der Waals surface area contributed by atoms with Crippen molar-refractivity contribution in [2.75, 3.05) is 39.4 Å². The highest BCUT2D eigenvalue weighted by molar-refractivity contribution is 4.94. The Hall–Kier alpha value is -1.02. The van der Waals surface area contributed by atoms with Crippen molar-refractivity contribution in [1.82, 2.24) is 25.2 Å². The molecule has 1 aromatic heterocycles. The van der Waals surface area contributed by atoms with E-state index in [1.165, 1.54) is 25.7 Å². The van der Waals surface area contributed by atoms with Gasteiger partial charge in [0.1, 0.15) is 5.69 Å². The lowest BCUT2D eigenvalue weighted by Crippen LogP contribution is -2.42. The minimum Gasteiger partial charge on any atom is -0.390 e. The van der Waals surface area contributed by atoms with Crippen molar-refractivity contribution in [2.24, 2.45) is 0 Å². The van der Waals surface area contributed by atoms with Crippen molar-refractivity contribution >= 4 is 0 Å². The minimum atomic E-state index is -0.0373. The zero-order chi connectivity index (χ0) is 15.9. The molecular weight excluding hydrogens is 294 g/mol. The predicted octanol–water partition coefficient (Wildman–Crippen LogP) is 0.566. The lowest BCUT2D eigenvalue weighted by Gasteiger charge is -2.32. The van der Waals surface area contributed by atoms with E-state index in [0.29, 0.717) is 17.8 Å². The third-order valence-corrected chi connectivity index (χ3v) is 4.95. The number of aliphatic hydroxyl groups is 1. The molecule has 0 bridgehead atoms. The second kappa shape index (κ2) is 8.73. The van der Waals surface area contributed by atoms with Crippen molar-refractivity contribution in [1.29, 1.82) is 0 Å². The summed E-state index contributed by atoms with van der Waals surface area (Å²) in [5.74, 6) is 0. The van der Waals surface area contributed by atoms with Gasteiger partial charge in [-0.05, 0) is 32.4 Å². The molecular formula is C16H29N5O2. The molecule has 0 spiro atoms. The molecule has 2 aliphatic rings. The molecule has 0 amide bonds. The smallest absolute Gasteiger partial charge is 0.108 e. The van der Waals surface area contributed by atoms with Gasteiger partial charge in [-0.15, -0.1) is 5.10 Å². The second-order valence-corrected chi connectivity index (χ2v) is 6.57. The summed E-state index contributed by atoms with van der Waals surface area (Å²) >= 11 is 0. The highest BCUT2D eigenvalue weighted by Crippen LogP contribution is 2.28. The number of nitrogens with zero attached hydrogens (tertiary/aromatic N) is 4. The Labute approximate surface area is 138 Å². The molecule has 1 aliphatic carbocycles. The molecule has 2 fully saturated rings. The van der Waals surface area contributed by atoms with Gasteiger partial charge in [-0.25, -0.2) is 4.68 Å². The molecule has 2 atom stereocenters. The Balaban J connectivity index is 1.44. The number of nitrogens with one attached hydrogen (secondary N) is 1. The maximum atomic E-state index is 9.17. The van der Waals surface area contributed by atoms with E-state index in [2.05, 4.69) is 20.5 Å². The number of hydrogen-bond donors (Lipinski definition) is 2. The van der Waals surface area contributed by atoms with Crippen LogP contribution in [0.1, 0.15) is 43.8 Å². The number of aliphatic hydroxyl groups excluding tert-OH is 1. The van der Waals surface area contributed by atoms with Crippen LogP contribution < -0.4 is 5.32 Å². The molecule has 0 aromatic carbocycles. The second-order valence-electron chi connectivity index (χ2n) is 6.57. The molecule has 1 saturated carbocycles. The summed E-state index contributed by atoms with van der Waals surface area (Å²) < 4.78 is 7.33. The first-order chi connectivity index (χ1) is 11.4. The van der Waals surface area contributed by atoms with Gasteiger partial charge >= 0.3 is 0 Å². The van der Waals surface area contributed by atoms with E-state index in [1.807, 2.05) is 10.9 Å². The van der Waals surface area contributed by atoms with Crippen LogP contribution in [-0.4, -0.2) is 70.4 Å². The number of morpholine rings is 1. The fourth-order valence-corrected chi connectivity index (χ4v) is 3.63. The molecule has 2 heterocycles. The van der Waals surface area contributed by atoms with Crippen molar-refractivity contribution in [2.45, 2.75) is 50.8 Å². The van der Waals surface area contributed by atoms with Crippen LogP contribution in [0.2, 0.25) is 0 Å². The average Bonchev–Trinajstić information content (AvgIpc) is 3.09. The molecule has 130 valence electrons. The van der Waals surface area contributed by atoms with Gasteiger partial charge in [-0.1, -0.05) is 18.1 Å². The van der Waals surface area contributed by atoms with Crippen LogP contribution in [0.5, 0.6) is 0 Å². The van der Waals surface area contributed by atoms with Crippen molar-refractivity contribution in [3.05, 3.63) is 11.9 Å². The monoisotopic (exact) mass is 323 g/mol. The quantitative estimate of drug-likeness (QED) is 0.715. The van der Waals surface area contributed by atoms with Crippen LogP contribution in [0, 0.1) is 0 Å².